The summed E-state index contributed by atoms with van der Waals surface area (Å²) in [6.07, 6.45) is 3.05. The Bertz CT molecular complexity index is 451. The number of pyridine rings is 1. The predicted octanol–water partition coefficient (Wildman–Crippen LogP) is 1.28. The summed E-state index contributed by atoms with van der Waals surface area (Å²) < 4.78 is 0. The van der Waals surface area contributed by atoms with E-state index in [1.807, 2.05) is 25.1 Å². The van der Waals surface area contributed by atoms with Gasteiger partial charge in [0.15, 0.2) is 5.96 Å². The number of hydrogen-bond donors (Lipinski definition) is 2. The van der Waals surface area contributed by atoms with Crippen LogP contribution in [0.3, 0.4) is 0 Å². The van der Waals surface area contributed by atoms with Crippen molar-refractivity contribution >= 4 is 35.8 Å². The molecule has 0 spiro atoms. The summed E-state index contributed by atoms with van der Waals surface area (Å²) in [4.78, 5) is 21.7. The van der Waals surface area contributed by atoms with Crippen molar-refractivity contribution in [1.82, 2.24) is 20.5 Å². The quantitative estimate of drug-likeness (QED) is 0.397. The molecular weight excluding hydrogens is 393 g/mol. The van der Waals surface area contributed by atoms with Crippen molar-refractivity contribution < 1.29 is 4.79 Å². The Morgan fingerprint density at radius 2 is 2.09 bits per heavy atom. The van der Waals surface area contributed by atoms with E-state index in [-0.39, 0.29) is 29.9 Å². The van der Waals surface area contributed by atoms with Crippen LogP contribution in [-0.4, -0.2) is 55.5 Å². The van der Waals surface area contributed by atoms with E-state index in [2.05, 4.69) is 20.6 Å². The molecule has 1 amide bonds. The molecule has 0 bridgehead atoms. The van der Waals surface area contributed by atoms with Gasteiger partial charge in [0.2, 0.25) is 5.91 Å². The molecule has 0 atom stereocenters. The third-order valence-corrected chi connectivity index (χ3v) is 2.84. The van der Waals surface area contributed by atoms with E-state index >= 15 is 0 Å². The van der Waals surface area contributed by atoms with Gasteiger partial charge in [-0.1, -0.05) is 6.07 Å². The lowest BCUT2D eigenvalue weighted by atomic mass is 10.3. The van der Waals surface area contributed by atoms with Crippen LogP contribution in [0.2, 0.25) is 0 Å². The number of halogens is 1. The fourth-order valence-corrected chi connectivity index (χ4v) is 1.68. The monoisotopic (exact) mass is 419 g/mol. The van der Waals surface area contributed by atoms with Crippen molar-refractivity contribution in [2.24, 2.45) is 4.99 Å². The van der Waals surface area contributed by atoms with Gasteiger partial charge in [-0.3, -0.25) is 14.8 Å². The first-order valence-electron chi connectivity index (χ1n) is 7.25. The molecule has 0 unspecified atom stereocenters. The number of rotatable bonds is 7. The van der Waals surface area contributed by atoms with Crippen molar-refractivity contribution in [3.63, 3.8) is 0 Å². The minimum atomic E-state index is 0. The summed E-state index contributed by atoms with van der Waals surface area (Å²) in [6, 6.07) is 5.89. The topological polar surface area (TPSA) is 69.6 Å². The molecule has 0 aliphatic rings. The molecule has 0 saturated carbocycles. The standard InChI is InChI=1S/C15H25N5O.HI/c1-4-16-15(19-12-9-14(21)20(2)3)18-11-8-13-7-5-6-10-17-13;/h5-7,10H,4,8-9,11-12H2,1-3H3,(H2,16,18,19);1H. The molecule has 1 aromatic heterocycles. The maximum absolute atomic E-state index is 11.5. The summed E-state index contributed by atoms with van der Waals surface area (Å²) in [5.74, 6) is 0.822. The first kappa shape index (κ1) is 20.6. The molecule has 22 heavy (non-hydrogen) atoms. The average molecular weight is 419 g/mol. The van der Waals surface area contributed by atoms with Crippen LogP contribution in [0.25, 0.3) is 0 Å². The molecule has 0 aliphatic heterocycles. The Labute approximate surface area is 149 Å². The van der Waals surface area contributed by atoms with Gasteiger partial charge in [0.05, 0.1) is 6.54 Å². The summed E-state index contributed by atoms with van der Waals surface area (Å²) in [6.45, 7) is 4.04. The van der Waals surface area contributed by atoms with Crippen molar-refractivity contribution in [1.29, 1.82) is 0 Å². The molecule has 1 rings (SSSR count). The summed E-state index contributed by atoms with van der Waals surface area (Å²) in [5, 5.41) is 6.41. The van der Waals surface area contributed by atoms with Crippen LogP contribution >= 0.6 is 24.0 Å². The van der Waals surface area contributed by atoms with E-state index in [4.69, 9.17) is 0 Å². The molecule has 2 N–H and O–H groups in total. The Kier molecular flexibility index (Phi) is 11.4. The highest BCUT2D eigenvalue weighted by Gasteiger charge is 2.03. The molecule has 7 heteroatoms. The lowest BCUT2D eigenvalue weighted by Crippen LogP contribution is -2.38. The maximum atomic E-state index is 11.5. The molecule has 0 radical (unpaired) electrons. The average Bonchev–Trinajstić information content (AvgIpc) is 2.48. The normalized spacial score (nSPS) is 10.6. The second kappa shape index (κ2) is 12.2. The van der Waals surface area contributed by atoms with Gasteiger partial charge in [0, 0.05) is 51.9 Å². The molecule has 0 aliphatic carbocycles. The van der Waals surface area contributed by atoms with Gasteiger partial charge in [-0.15, -0.1) is 24.0 Å². The highest BCUT2D eigenvalue weighted by molar-refractivity contribution is 14.0. The predicted molar refractivity (Wildman–Crippen MR) is 101 cm³/mol. The molecule has 1 heterocycles. The van der Waals surface area contributed by atoms with E-state index in [1.165, 1.54) is 0 Å². The fourth-order valence-electron chi connectivity index (χ4n) is 1.68. The van der Waals surface area contributed by atoms with E-state index in [9.17, 15) is 4.79 Å². The second-order valence-corrected chi connectivity index (χ2v) is 4.80. The molecule has 6 nitrogen and oxygen atoms in total. The fraction of sp³-hybridized carbons (Fsp3) is 0.533. The van der Waals surface area contributed by atoms with Crippen LogP contribution in [0.5, 0.6) is 0 Å². The highest BCUT2D eigenvalue weighted by atomic mass is 127. The SMILES string of the molecule is CCNC(=NCCC(=O)N(C)C)NCCc1ccccn1.I. The van der Waals surface area contributed by atoms with Crippen LogP contribution in [0, 0.1) is 0 Å². The van der Waals surface area contributed by atoms with E-state index in [0.717, 1.165) is 31.2 Å². The van der Waals surface area contributed by atoms with Crippen LogP contribution in [0.4, 0.5) is 0 Å². The number of carbonyl (C=O) groups is 1. The number of carbonyl (C=O) groups excluding carboxylic acids is 1. The van der Waals surface area contributed by atoms with Gasteiger partial charge in [-0.25, -0.2) is 0 Å². The van der Waals surface area contributed by atoms with E-state index in [1.54, 1.807) is 25.2 Å². The lowest BCUT2D eigenvalue weighted by molar-refractivity contribution is -0.128. The van der Waals surface area contributed by atoms with Crippen LogP contribution in [0.15, 0.2) is 29.4 Å². The first-order chi connectivity index (χ1) is 10.1. The van der Waals surface area contributed by atoms with Crippen molar-refractivity contribution in [3.05, 3.63) is 30.1 Å². The van der Waals surface area contributed by atoms with E-state index in [0.29, 0.717) is 13.0 Å². The Hall–Kier alpha value is -1.38. The van der Waals surface area contributed by atoms with Gasteiger partial charge in [0.1, 0.15) is 0 Å². The van der Waals surface area contributed by atoms with Gasteiger partial charge < -0.3 is 15.5 Å². The molecule has 124 valence electrons. The van der Waals surface area contributed by atoms with Crippen molar-refractivity contribution in [2.45, 2.75) is 19.8 Å². The first-order valence-corrected chi connectivity index (χ1v) is 7.25. The highest BCUT2D eigenvalue weighted by Crippen LogP contribution is 1.93. The molecule has 0 saturated heterocycles. The second-order valence-electron chi connectivity index (χ2n) is 4.80. The van der Waals surface area contributed by atoms with Crippen molar-refractivity contribution in [3.8, 4) is 0 Å². The van der Waals surface area contributed by atoms with Crippen LogP contribution in [-0.2, 0) is 11.2 Å². The number of aliphatic imine (C=N–C) groups is 1. The zero-order valence-corrected chi connectivity index (χ0v) is 15.8. The number of amides is 1. The Morgan fingerprint density at radius 3 is 2.68 bits per heavy atom. The van der Waals surface area contributed by atoms with Crippen molar-refractivity contribution in [2.75, 3.05) is 33.7 Å². The van der Waals surface area contributed by atoms with Gasteiger partial charge in [-0.2, -0.15) is 0 Å². The summed E-state index contributed by atoms with van der Waals surface area (Å²) in [5.41, 5.74) is 1.05. The number of nitrogens with zero attached hydrogens (tertiary/aromatic N) is 3. The third kappa shape index (κ3) is 8.81. The molecule has 1 aromatic rings. The Morgan fingerprint density at radius 1 is 1.32 bits per heavy atom. The zero-order chi connectivity index (χ0) is 15.5. The van der Waals surface area contributed by atoms with Gasteiger partial charge >= 0.3 is 0 Å². The minimum Gasteiger partial charge on any atom is -0.357 e. The third-order valence-electron chi connectivity index (χ3n) is 2.84. The molecule has 0 fully saturated rings. The minimum absolute atomic E-state index is 0. The van der Waals surface area contributed by atoms with Crippen LogP contribution in [0.1, 0.15) is 19.0 Å². The number of aromatic nitrogens is 1. The van der Waals surface area contributed by atoms with Gasteiger partial charge in [0.25, 0.3) is 0 Å². The number of guanidine groups is 1. The smallest absolute Gasteiger partial charge is 0.223 e. The number of nitrogens with one attached hydrogen (secondary N) is 2. The zero-order valence-electron chi connectivity index (χ0n) is 13.5. The molecular formula is C15H26IN5O. The summed E-state index contributed by atoms with van der Waals surface area (Å²) >= 11 is 0. The van der Waals surface area contributed by atoms with E-state index < -0.39 is 0 Å². The lowest BCUT2D eigenvalue weighted by Gasteiger charge is -2.12. The maximum Gasteiger partial charge on any atom is 0.223 e. The van der Waals surface area contributed by atoms with Crippen LogP contribution < -0.4 is 10.6 Å². The van der Waals surface area contributed by atoms with Gasteiger partial charge in [-0.05, 0) is 19.1 Å². The summed E-state index contributed by atoms with van der Waals surface area (Å²) in [7, 11) is 3.50. The Balaban J connectivity index is 0.00000441. The largest absolute Gasteiger partial charge is 0.357 e. The number of hydrogen-bond acceptors (Lipinski definition) is 3. The molecule has 0 aromatic carbocycles.